The van der Waals surface area contributed by atoms with Gasteiger partial charge >= 0.3 is 19.1 Å². The third kappa shape index (κ3) is 6.59. The van der Waals surface area contributed by atoms with Gasteiger partial charge < -0.3 is 22.2 Å². The van der Waals surface area contributed by atoms with Crippen molar-refractivity contribution in [3.8, 4) is 0 Å². The molecule has 0 fully saturated rings. The number of methoxy groups -OCH3 is 1. The van der Waals surface area contributed by atoms with Crippen LogP contribution in [0, 0.1) is 0 Å². The van der Waals surface area contributed by atoms with Gasteiger partial charge in [0, 0.05) is 7.11 Å². The summed E-state index contributed by atoms with van der Waals surface area (Å²) in [5.74, 6) is -14.2. The highest BCUT2D eigenvalue weighted by Gasteiger charge is 2.78. The molecule has 0 saturated heterocycles. The normalized spacial score (nSPS) is 14.5. The average Bonchev–Trinajstić information content (AvgIpc) is 2.22. The number of quaternary nitrogens is 1. The molecule has 0 saturated carbocycles. The van der Waals surface area contributed by atoms with Crippen LogP contribution in [0.4, 0.5) is 43.7 Å². The summed E-state index contributed by atoms with van der Waals surface area (Å²) >= 11 is 0. The first-order valence-electron chi connectivity index (χ1n) is 5.62. The molecule has 0 unspecified atom stereocenters. The van der Waals surface area contributed by atoms with E-state index in [1.807, 2.05) is 0 Å². The van der Waals surface area contributed by atoms with Crippen molar-refractivity contribution >= 4 is 6.98 Å². The predicted octanol–water partition coefficient (Wildman–Crippen LogP) is 3.54. The van der Waals surface area contributed by atoms with E-state index >= 15 is 0 Å². The lowest BCUT2D eigenvalue weighted by atomic mass is 9.76. The Morgan fingerprint density at radius 2 is 1.23 bits per heavy atom. The highest BCUT2D eigenvalue weighted by atomic mass is 19.4. The number of hydrogen-bond acceptors (Lipinski definition) is 1. The first kappa shape index (κ1) is 23.5. The number of hydrogen-bond donors (Lipinski definition) is 0. The maximum atomic E-state index is 11.6. The first-order valence-corrected chi connectivity index (χ1v) is 5.62. The topological polar surface area (TPSA) is 9.23 Å². The van der Waals surface area contributed by atoms with Crippen LogP contribution in [0.15, 0.2) is 0 Å². The van der Waals surface area contributed by atoms with E-state index in [0.717, 1.165) is 17.6 Å². The molecule has 0 aliphatic heterocycles. The molecule has 0 aromatic heterocycles. The molecule has 0 atom stereocenters. The molecular formula is C9H16BF10NO. The van der Waals surface area contributed by atoms with Crippen molar-refractivity contribution in [2.45, 2.75) is 17.9 Å². The molecule has 0 aromatic carbocycles. The molecule has 136 valence electrons. The van der Waals surface area contributed by atoms with Crippen LogP contribution in [0.25, 0.3) is 0 Å². The second-order valence-electron chi connectivity index (χ2n) is 5.28. The van der Waals surface area contributed by atoms with E-state index in [1.165, 1.54) is 0 Å². The van der Waals surface area contributed by atoms with Crippen LogP contribution in [0.1, 0.15) is 0 Å². The lowest BCUT2D eigenvalue weighted by Gasteiger charge is -2.34. The fourth-order valence-electron chi connectivity index (χ4n) is 0.760. The summed E-state index contributed by atoms with van der Waals surface area (Å²) in [5, 5.41) is 0. The lowest BCUT2D eigenvalue weighted by Crippen LogP contribution is -2.62. The highest BCUT2D eigenvalue weighted by molar-refractivity contribution is 6.61. The summed E-state index contributed by atoms with van der Waals surface area (Å²) in [5.41, 5.74) is 0. The van der Waals surface area contributed by atoms with E-state index in [1.54, 1.807) is 7.11 Å². The zero-order chi connectivity index (χ0) is 18.6. The maximum absolute atomic E-state index is 11.6. The molecule has 2 nitrogen and oxygen atoms in total. The summed E-state index contributed by atoms with van der Waals surface area (Å²) in [4.78, 5) is 0. The van der Waals surface area contributed by atoms with Crippen molar-refractivity contribution in [2.75, 3.05) is 41.4 Å². The Morgan fingerprint density at radius 1 is 0.864 bits per heavy atom. The van der Waals surface area contributed by atoms with Gasteiger partial charge in [-0.25, -0.2) is 8.78 Å². The molecule has 0 radical (unpaired) electrons. The van der Waals surface area contributed by atoms with Crippen LogP contribution >= 0.6 is 0 Å². The van der Waals surface area contributed by atoms with Crippen molar-refractivity contribution in [3.05, 3.63) is 0 Å². The number of nitrogens with zero attached hydrogens (tertiary/aromatic N) is 1. The number of rotatable bonds is 5. The van der Waals surface area contributed by atoms with Crippen LogP contribution in [0.5, 0.6) is 0 Å². The lowest BCUT2D eigenvalue weighted by molar-refractivity contribution is -0.870. The Balaban J connectivity index is 0. The zero-order valence-corrected chi connectivity index (χ0v) is 12.1. The van der Waals surface area contributed by atoms with Crippen molar-refractivity contribution in [2.24, 2.45) is 0 Å². The van der Waals surface area contributed by atoms with E-state index in [4.69, 9.17) is 4.74 Å². The Labute approximate surface area is 120 Å². The fourth-order valence-corrected chi connectivity index (χ4v) is 0.760. The van der Waals surface area contributed by atoms with Gasteiger partial charge in [-0.3, -0.25) is 0 Å². The monoisotopic (exact) mass is 355 g/mol. The minimum absolute atomic E-state index is 0.851. The summed E-state index contributed by atoms with van der Waals surface area (Å²) in [7, 11) is 8.19. The van der Waals surface area contributed by atoms with E-state index in [2.05, 4.69) is 21.1 Å². The van der Waals surface area contributed by atoms with Crippen molar-refractivity contribution in [1.29, 1.82) is 0 Å². The number of alkyl halides is 7. The van der Waals surface area contributed by atoms with Gasteiger partial charge in [0.25, 0.3) is 5.82 Å². The minimum atomic E-state index is -7.63. The SMILES string of the molecule is COCC[N+](C)(C)C.F[B-](F)(F)C(F)(F)C(F)(F)C(F)(F)F. The third-order valence-corrected chi connectivity index (χ3v) is 2.15. The Hall–Kier alpha value is -0.715. The van der Waals surface area contributed by atoms with Crippen LogP contribution < -0.4 is 0 Å². The quantitative estimate of drug-likeness (QED) is 0.417. The molecule has 13 heteroatoms. The summed E-state index contributed by atoms with van der Waals surface area (Å²) in [6.07, 6.45) is -6.95. The Morgan fingerprint density at radius 3 is 1.32 bits per heavy atom. The van der Waals surface area contributed by atoms with Crippen molar-refractivity contribution in [3.63, 3.8) is 0 Å². The molecule has 0 aliphatic carbocycles. The van der Waals surface area contributed by atoms with E-state index in [0.29, 0.717) is 0 Å². The Bertz CT molecular complexity index is 309. The fraction of sp³-hybridized carbons (Fsp3) is 1.00. The second-order valence-corrected chi connectivity index (χ2v) is 5.28. The molecule has 22 heavy (non-hydrogen) atoms. The molecule has 0 rings (SSSR count). The van der Waals surface area contributed by atoms with Crippen molar-refractivity contribution < 1.29 is 52.9 Å². The van der Waals surface area contributed by atoms with Gasteiger partial charge in [-0.1, -0.05) is 0 Å². The molecule has 0 aromatic rings. The molecular weight excluding hydrogens is 339 g/mol. The van der Waals surface area contributed by atoms with Gasteiger partial charge in [-0.2, -0.15) is 22.0 Å². The van der Waals surface area contributed by atoms with Crippen molar-refractivity contribution in [1.82, 2.24) is 0 Å². The molecule has 0 spiro atoms. The smallest absolute Gasteiger partial charge is 0.445 e. The van der Waals surface area contributed by atoms with E-state index in [-0.39, 0.29) is 0 Å². The average molecular weight is 355 g/mol. The molecule has 0 heterocycles. The van der Waals surface area contributed by atoms with Crippen LogP contribution in [-0.2, 0) is 4.74 Å². The van der Waals surface area contributed by atoms with E-state index in [9.17, 15) is 43.7 Å². The van der Waals surface area contributed by atoms with Gasteiger partial charge in [0.15, 0.2) is 0 Å². The van der Waals surface area contributed by atoms with Gasteiger partial charge in [-0.15, -0.1) is 0 Å². The van der Waals surface area contributed by atoms with Gasteiger partial charge in [0.1, 0.15) is 6.54 Å². The van der Waals surface area contributed by atoms with Gasteiger partial charge in [-0.05, 0) is 0 Å². The number of halogens is 10. The highest BCUT2D eigenvalue weighted by Crippen LogP contribution is 2.51. The molecule has 0 aliphatic rings. The van der Waals surface area contributed by atoms with Crippen LogP contribution in [-0.4, -0.2) is 70.8 Å². The summed E-state index contributed by atoms with van der Waals surface area (Å²) in [6.45, 7) is -5.70. The predicted molar refractivity (Wildman–Crippen MR) is 59.8 cm³/mol. The maximum Gasteiger partial charge on any atom is 0.555 e. The van der Waals surface area contributed by atoms with Gasteiger partial charge in [0.05, 0.1) is 27.7 Å². The van der Waals surface area contributed by atoms with Gasteiger partial charge in [0.2, 0.25) is 0 Å². The first-order chi connectivity index (χ1) is 9.31. The molecule has 0 N–H and O–H groups in total. The molecule has 0 bridgehead atoms. The minimum Gasteiger partial charge on any atom is -0.445 e. The third-order valence-electron chi connectivity index (χ3n) is 2.15. The number of likely N-dealkylation sites (N-methyl/N-ethyl adjacent to an activating group) is 1. The molecule has 0 amide bonds. The largest absolute Gasteiger partial charge is 0.555 e. The zero-order valence-electron chi connectivity index (χ0n) is 12.1. The van der Waals surface area contributed by atoms with Crippen LogP contribution in [0.2, 0.25) is 0 Å². The Kier molecular flexibility index (Phi) is 7.75. The van der Waals surface area contributed by atoms with E-state index < -0.39 is 24.9 Å². The number of ether oxygens (including phenoxy) is 1. The summed E-state index contributed by atoms with van der Waals surface area (Å²) < 4.78 is 119. The second kappa shape index (κ2) is 7.24. The van der Waals surface area contributed by atoms with Crippen LogP contribution in [0.3, 0.4) is 0 Å². The summed E-state index contributed by atoms with van der Waals surface area (Å²) in [6, 6.07) is 0. The standard InChI is InChI=1S/C6H16NO.C3BF10/c1-7(2,3)5-6-8-4;5-1(6,3(9,10)11)2(7,8)4(12,13)14/h5-6H2,1-4H3;/q+1;-1.